The molecule has 0 aromatic heterocycles. The first kappa shape index (κ1) is 16.9. The normalized spacial score (nSPS) is 8.91. The molecular formula is C18H16O4. The summed E-state index contributed by atoms with van der Waals surface area (Å²) in [5.74, 6) is -0.871. The minimum absolute atomic E-state index is 0.130. The molecule has 4 nitrogen and oxygen atoms in total. The number of carboxylic acids is 1. The molecule has 0 aliphatic carbocycles. The molecule has 0 unspecified atom stereocenters. The second kappa shape index (κ2) is 8.92. The molecule has 1 N–H and O–H groups in total. The van der Waals surface area contributed by atoms with E-state index < -0.39 is 11.9 Å². The van der Waals surface area contributed by atoms with E-state index in [1.165, 1.54) is 0 Å². The average Bonchev–Trinajstić information content (AvgIpc) is 2.56. The van der Waals surface area contributed by atoms with Gasteiger partial charge >= 0.3 is 11.9 Å². The van der Waals surface area contributed by atoms with Gasteiger partial charge in [-0.05, 0) is 17.7 Å². The van der Waals surface area contributed by atoms with Crippen LogP contribution in [-0.4, -0.2) is 17.0 Å². The highest BCUT2D eigenvalue weighted by atomic mass is 16.5. The quantitative estimate of drug-likeness (QED) is 0.532. The molecule has 2 aromatic rings. The molecule has 0 atom stereocenters. The lowest BCUT2D eigenvalue weighted by Crippen LogP contribution is -2.02. The summed E-state index contributed by atoms with van der Waals surface area (Å²) in [5.41, 5.74) is 0.783. The molecule has 0 heterocycles. The highest BCUT2D eigenvalue weighted by molar-refractivity contribution is 6.14. The van der Waals surface area contributed by atoms with Crippen molar-refractivity contribution in [3.63, 3.8) is 0 Å². The zero-order valence-electron chi connectivity index (χ0n) is 11.9. The van der Waals surface area contributed by atoms with Gasteiger partial charge in [0.1, 0.15) is 5.75 Å². The summed E-state index contributed by atoms with van der Waals surface area (Å²) in [6.45, 7) is 6.71. The third-order valence-electron chi connectivity index (χ3n) is 2.51. The van der Waals surface area contributed by atoms with Crippen LogP contribution in [0.2, 0.25) is 0 Å². The summed E-state index contributed by atoms with van der Waals surface area (Å²) >= 11 is 0. The van der Waals surface area contributed by atoms with Crippen LogP contribution in [-0.2, 0) is 9.59 Å². The van der Waals surface area contributed by atoms with E-state index in [9.17, 15) is 9.59 Å². The first-order valence-electron chi connectivity index (χ1n) is 6.41. The number of hydrogen-bond donors (Lipinski definition) is 1. The zero-order valence-corrected chi connectivity index (χ0v) is 11.9. The molecule has 112 valence electrons. The molecule has 0 saturated carbocycles. The van der Waals surface area contributed by atoms with E-state index in [4.69, 9.17) is 9.84 Å². The molecule has 2 aromatic carbocycles. The average molecular weight is 296 g/mol. The van der Waals surface area contributed by atoms with Crippen molar-refractivity contribution < 1.29 is 19.4 Å². The Morgan fingerprint density at radius 3 is 1.91 bits per heavy atom. The van der Waals surface area contributed by atoms with Gasteiger partial charge in [-0.1, -0.05) is 61.7 Å². The van der Waals surface area contributed by atoms with Crippen molar-refractivity contribution in [3.05, 3.63) is 85.5 Å². The largest absolute Gasteiger partial charge is 0.478 e. The van der Waals surface area contributed by atoms with E-state index >= 15 is 0 Å². The Morgan fingerprint density at radius 2 is 1.45 bits per heavy atom. The lowest BCUT2D eigenvalue weighted by molar-refractivity contribution is -0.130. The maximum absolute atomic E-state index is 10.6. The first-order valence-corrected chi connectivity index (χ1v) is 6.41. The Balaban J connectivity index is 0.000000220. The Hall–Kier alpha value is -3.14. The van der Waals surface area contributed by atoms with Crippen LogP contribution in [0.3, 0.4) is 0 Å². The molecular weight excluding hydrogens is 280 g/mol. The van der Waals surface area contributed by atoms with Crippen LogP contribution in [0.4, 0.5) is 0 Å². The summed E-state index contributed by atoms with van der Waals surface area (Å²) in [6.07, 6.45) is 1.13. The lowest BCUT2D eigenvalue weighted by atomic mass is 10.1. The second-order valence-electron chi connectivity index (χ2n) is 4.09. The van der Waals surface area contributed by atoms with Crippen LogP contribution in [0.25, 0.3) is 5.57 Å². The molecule has 0 radical (unpaired) electrons. The molecule has 4 heteroatoms. The van der Waals surface area contributed by atoms with Crippen molar-refractivity contribution in [2.45, 2.75) is 0 Å². The number of ether oxygens (including phenoxy) is 1. The second-order valence-corrected chi connectivity index (χ2v) is 4.09. The Kier molecular flexibility index (Phi) is 6.86. The summed E-state index contributed by atoms with van der Waals surface area (Å²) in [6, 6.07) is 17.7. The highest BCUT2D eigenvalue weighted by Crippen LogP contribution is 2.10. The first-order chi connectivity index (χ1) is 10.5. The van der Waals surface area contributed by atoms with Gasteiger partial charge in [0.05, 0.1) is 5.57 Å². The number of carboxylic acid groups (broad SMARTS) is 1. The van der Waals surface area contributed by atoms with Gasteiger partial charge in [-0.15, -0.1) is 0 Å². The number of hydrogen-bond acceptors (Lipinski definition) is 3. The topological polar surface area (TPSA) is 63.6 Å². The van der Waals surface area contributed by atoms with Gasteiger partial charge in [-0.3, -0.25) is 0 Å². The van der Waals surface area contributed by atoms with Crippen molar-refractivity contribution in [3.8, 4) is 5.75 Å². The van der Waals surface area contributed by atoms with Crippen LogP contribution in [0.15, 0.2) is 79.9 Å². The molecule has 0 saturated heterocycles. The minimum Gasteiger partial charge on any atom is -0.478 e. The SMILES string of the molecule is C=C(C(=O)O)c1ccccc1.C=CC(=O)Oc1ccccc1. The summed E-state index contributed by atoms with van der Waals surface area (Å²) in [4.78, 5) is 21.0. The number of aliphatic carboxylic acids is 1. The molecule has 0 fully saturated rings. The maximum Gasteiger partial charge on any atom is 0.335 e. The summed E-state index contributed by atoms with van der Waals surface area (Å²) in [5, 5.41) is 8.54. The third kappa shape index (κ3) is 5.88. The van der Waals surface area contributed by atoms with Crippen molar-refractivity contribution in [2.75, 3.05) is 0 Å². The van der Waals surface area contributed by atoms with Gasteiger partial charge < -0.3 is 9.84 Å². The number of carbonyl (C=O) groups is 2. The van der Waals surface area contributed by atoms with Crippen molar-refractivity contribution in [1.29, 1.82) is 0 Å². The van der Waals surface area contributed by atoms with Crippen molar-refractivity contribution in [2.24, 2.45) is 0 Å². The fraction of sp³-hybridized carbons (Fsp3) is 0. The van der Waals surface area contributed by atoms with Gasteiger partial charge in [0.25, 0.3) is 0 Å². The molecule has 0 aliphatic rings. The molecule has 0 amide bonds. The van der Waals surface area contributed by atoms with Gasteiger partial charge in [0, 0.05) is 6.08 Å². The minimum atomic E-state index is -0.976. The zero-order chi connectivity index (χ0) is 16.4. The molecule has 0 bridgehead atoms. The summed E-state index contributed by atoms with van der Waals surface area (Å²) < 4.78 is 4.81. The van der Waals surface area contributed by atoms with Gasteiger partial charge in [-0.2, -0.15) is 0 Å². The number of benzene rings is 2. The van der Waals surface area contributed by atoms with Crippen molar-refractivity contribution in [1.82, 2.24) is 0 Å². The Morgan fingerprint density at radius 1 is 0.955 bits per heavy atom. The van der Waals surface area contributed by atoms with Gasteiger partial charge in [-0.25, -0.2) is 9.59 Å². The monoisotopic (exact) mass is 296 g/mol. The van der Waals surface area contributed by atoms with Crippen molar-refractivity contribution >= 4 is 17.5 Å². The molecule has 22 heavy (non-hydrogen) atoms. The van der Waals surface area contributed by atoms with E-state index in [-0.39, 0.29) is 5.57 Å². The third-order valence-corrected chi connectivity index (χ3v) is 2.51. The summed E-state index contributed by atoms with van der Waals surface area (Å²) in [7, 11) is 0. The Labute approximate surface area is 129 Å². The van der Waals surface area contributed by atoms with E-state index in [0.29, 0.717) is 11.3 Å². The van der Waals surface area contributed by atoms with Gasteiger partial charge in [0.2, 0.25) is 0 Å². The van der Waals surface area contributed by atoms with Crippen LogP contribution < -0.4 is 4.74 Å². The van der Waals surface area contributed by atoms with Crippen LogP contribution in [0.5, 0.6) is 5.75 Å². The van der Waals surface area contributed by atoms with Crippen LogP contribution in [0, 0.1) is 0 Å². The smallest absolute Gasteiger partial charge is 0.335 e. The maximum atomic E-state index is 10.6. The molecule has 0 aliphatic heterocycles. The predicted molar refractivity (Wildman–Crippen MR) is 85.4 cm³/mol. The highest BCUT2D eigenvalue weighted by Gasteiger charge is 2.04. The standard InChI is InChI=1S/2C9H8O2/c1-7(9(10)11)8-5-3-2-4-6-8;1-2-9(10)11-8-6-4-3-5-7-8/h2-6H,1H2,(H,10,11);2-7H,1H2. The van der Waals surface area contributed by atoms with E-state index in [1.54, 1.807) is 48.5 Å². The number of esters is 1. The molecule has 0 spiro atoms. The fourth-order valence-electron chi connectivity index (χ4n) is 1.41. The number of carbonyl (C=O) groups excluding carboxylic acids is 1. The van der Waals surface area contributed by atoms with Crippen LogP contribution >= 0.6 is 0 Å². The van der Waals surface area contributed by atoms with Crippen LogP contribution in [0.1, 0.15) is 5.56 Å². The van der Waals surface area contributed by atoms with E-state index in [1.807, 2.05) is 12.1 Å². The molecule has 2 rings (SSSR count). The number of rotatable bonds is 4. The Bertz CT molecular complexity index is 643. The van der Waals surface area contributed by atoms with Gasteiger partial charge in [0.15, 0.2) is 0 Å². The fourth-order valence-corrected chi connectivity index (χ4v) is 1.41. The van der Waals surface area contributed by atoms with E-state index in [2.05, 4.69) is 13.2 Å². The lowest BCUT2D eigenvalue weighted by Gasteiger charge is -1.98. The van der Waals surface area contributed by atoms with E-state index in [0.717, 1.165) is 6.08 Å². The predicted octanol–water partition coefficient (Wildman–Crippen LogP) is 3.56. The number of para-hydroxylation sites is 1.